The molecule has 0 N–H and O–H groups in total. The molecular formula is C18H11F3N2O4. The van der Waals surface area contributed by atoms with Crippen LogP contribution in [0.4, 0.5) is 13.2 Å². The van der Waals surface area contributed by atoms with Crippen LogP contribution in [-0.4, -0.2) is 22.5 Å². The van der Waals surface area contributed by atoms with Gasteiger partial charge in [-0.2, -0.15) is 18.3 Å². The Kier molecular flexibility index (Phi) is 3.98. The number of aromatic nitrogens is 2. The molecule has 0 bridgehead atoms. The molecule has 0 spiro atoms. The summed E-state index contributed by atoms with van der Waals surface area (Å²) < 4.78 is 55.6. The zero-order chi connectivity index (χ0) is 19.0. The van der Waals surface area contributed by atoms with E-state index in [9.17, 15) is 18.0 Å². The number of nitrogens with zero attached hydrogens (tertiary/aromatic N) is 2. The van der Waals surface area contributed by atoms with Gasteiger partial charge in [-0.1, -0.05) is 18.2 Å². The Morgan fingerprint density at radius 3 is 2.52 bits per heavy atom. The van der Waals surface area contributed by atoms with Gasteiger partial charge >= 0.3 is 12.1 Å². The summed E-state index contributed by atoms with van der Waals surface area (Å²) >= 11 is 0. The third-order valence-corrected chi connectivity index (χ3v) is 3.77. The van der Waals surface area contributed by atoms with E-state index >= 15 is 0 Å². The van der Waals surface area contributed by atoms with Crippen LogP contribution in [0, 0.1) is 0 Å². The largest absolute Gasteiger partial charge is 0.454 e. The van der Waals surface area contributed by atoms with E-state index in [4.69, 9.17) is 14.2 Å². The zero-order valence-electron chi connectivity index (χ0n) is 13.6. The summed E-state index contributed by atoms with van der Waals surface area (Å²) in [5, 5.41) is 3.53. The fourth-order valence-corrected chi connectivity index (χ4v) is 2.51. The number of alkyl halides is 3. The Labute approximate surface area is 150 Å². The lowest BCUT2D eigenvalue weighted by Crippen LogP contribution is -2.12. The molecule has 1 aliphatic rings. The van der Waals surface area contributed by atoms with Gasteiger partial charge in [0, 0.05) is 6.07 Å². The summed E-state index contributed by atoms with van der Waals surface area (Å²) in [7, 11) is 0. The monoisotopic (exact) mass is 376 g/mol. The van der Waals surface area contributed by atoms with Crippen molar-refractivity contribution in [3.63, 3.8) is 0 Å². The Hall–Kier alpha value is -3.49. The Morgan fingerprint density at radius 1 is 1.04 bits per heavy atom. The molecule has 0 atom stereocenters. The first kappa shape index (κ1) is 17.0. The fourth-order valence-electron chi connectivity index (χ4n) is 2.51. The molecule has 2 aromatic carbocycles. The minimum Gasteiger partial charge on any atom is -0.454 e. The number of para-hydroxylation sites is 1. The topological polar surface area (TPSA) is 62.6 Å². The van der Waals surface area contributed by atoms with Gasteiger partial charge in [0.2, 0.25) is 12.7 Å². The van der Waals surface area contributed by atoms with E-state index < -0.39 is 17.8 Å². The van der Waals surface area contributed by atoms with Gasteiger partial charge in [-0.25, -0.2) is 9.48 Å². The predicted octanol–water partition coefficient (Wildman–Crippen LogP) is 3.84. The molecule has 4 rings (SSSR count). The number of fused-ring (bicyclic) bond motifs is 1. The lowest BCUT2D eigenvalue weighted by Gasteiger charge is -2.08. The molecule has 2 heterocycles. The first-order valence-corrected chi connectivity index (χ1v) is 7.76. The van der Waals surface area contributed by atoms with E-state index in [2.05, 4.69) is 5.10 Å². The van der Waals surface area contributed by atoms with Gasteiger partial charge in [0.25, 0.3) is 0 Å². The van der Waals surface area contributed by atoms with Gasteiger partial charge in [-0.3, -0.25) is 0 Å². The Morgan fingerprint density at radius 2 is 1.78 bits per heavy atom. The van der Waals surface area contributed by atoms with Gasteiger partial charge in [0.05, 0.1) is 11.3 Å². The van der Waals surface area contributed by atoms with Crippen molar-refractivity contribution in [1.29, 1.82) is 0 Å². The minimum atomic E-state index is -4.68. The second-order valence-corrected chi connectivity index (χ2v) is 5.57. The van der Waals surface area contributed by atoms with E-state index in [0.29, 0.717) is 23.3 Å². The number of carbonyl (C=O) groups is 1. The maximum atomic E-state index is 13.1. The number of halogens is 3. The van der Waals surface area contributed by atoms with E-state index in [-0.39, 0.29) is 18.2 Å². The van der Waals surface area contributed by atoms with Crippen LogP contribution in [0.25, 0.3) is 5.69 Å². The summed E-state index contributed by atoms with van der Waals surface area (Å²) in [6.07, 6.45) is -4.68. The SMILES string of the molecule is O=C(Oc1cc(C(F)(F)F)nn1-c1ccccc1)c1ccc2c(c1)OCO2. The summed E-state index contributed by atoms with van der Waals surface area (Å²) in [4.78, 5) is 12.4. The van der Waals surface area contributed by atoms with Gasteiger partial charge in [0.15, 0.2) is 17.2 Å². The van der Waals surface area contributed by atoms with Crippen molar-refractivity contribution in [3.05, 3.63) is 65.9 Å². The number of hydrogen-bond acceptors (Lipinski definition) is 5. The molecule has 0 amide bonds. The molecule has 138 valence electrons. The van der Waals surface area contributed by atoms with Crippen molar-refractivity contribution in [2.24, 2.45) is 0 Å². The van der Waals surface area contributed by atoms with E-state index in [0.717, 1.165) is 4.68 Å². The normalized spacial score (nSPS) is 12.9. The number of rotatable bonds is 3. The summed E-state index contributed by atoms with van der Waals surface area (Å²) in [5.74, 6) is -0.368. The lowest BCUT2D eigenvalue weighted by atomic mass is 10.2. The molecule has 1 aromatic heterocycles. The highest BCUT2D eigenvalue weighted by Gasteiger charge is 2.36. The number of benzene rings is 2. The van der Waals surface area contributed by atoms with Crippen LogP contribution < -0.4 is 14.2 Å². The molecule has 0 fully saturated rings. The van der Waals surface area contributed by atoms with E-state index in [1.807, 2.05) is 0 Å². The number of hydrogen-bond donors (Lipinski definition) is 0. The van der Waals surface area contributed by atoms with Crippen molar-refractivity contribution in [3.8, 4) is 23.1 Å². The van der Waals surface area contributed by atoms with Gasteiger partial charge in [0.1, 0.15) is 0 Å². The average molecular weight is 376 g/mol. The average Bonchev–Trinajstić information content (AvgIpc) is 3.28. The summed E-state index contributed by atoms with van der Waals surface area (Å²) in [6, 6.07) is 13.1. The minimum absolute atomic E-state index is 0.0313. The Balaban J connectivity index is 1.68. The van der Waals surface area contributed by atoms with Crippen molar-refractivity contribution >= 4 is 5.97 Å². The van der Waals surface area contributed by atoms with Crippen molar-refractivity contribution < 1.29 is 32.2 Å². The molecule has 0 saturated carbocycles. The van der Waals surface area contributed by atoms with E-state index in [1.165, 1.54) is 18.2 Å². The second-order valence-electron chi connectivity index (χ2n) is 5.57. The molecular weight excluding hydrogens is 365 g/mol. The van der Waals surface area contributed by atoms with Crippen LogP contribution in [0.3, 0.4) is 0 Å². The first-order valence-electron chi connectivity index (χ1n) is 7.76. The first-order chi connectivity index (χ1) is 12.9. The van der Waals surface area contributed by atoms with Gasteiger partial charge in [-0.05, 0) is 30.3 Å². The quantitative estimate of drug-likeness (QED) is 0.650. The van der Waals surface area contributed by atoms with Crippen molar-refractivity contribution in [2.75, 3.05) is 6.79 Å². The molecule has 0 radical (unpaired) electrons. The summed E-state index contributed by atoms with van der Waals surface area (Å²) in [5.41, 5.74) is -0.741. The lowest BCUT2D eigenvalue weighted by molar-refractivity contribution is -0.141. The van der Waals surface area contributed by atoms with Crippen LogP contribution >= 0.6 is 0 Å². The zero-order valence-corrected chi connectivity index (χ0v) is 13.6. The highest BCUT2D eigenvalue weighted by molar-refractivity contribution is 5.91. The second kappa shape index (κ2) is 6.35. The molecule has 0 unspecified atom stereocenters. The molecule has 9 heteroatoms. The molecule has 1 aliphatic heterocycles. The third-order valence-electron chi connectivity index (χ3n) is 3.77. The Bertz CT molecular complexity index is 1000. The number of carbonyl (C=O) groups excluding carboxylic acids is 1. The third kappa shape index (κ3) is 3.31. The molecule has 0 saturated heterocycles. The predicted molar refractivity (Wildman–Crippen MR) is 86.1 cm³/mol. The van der Waals surface area contributed by atoms with Crippen LogP contribution in [0.1, 0.15) is 16.1 Å². The number of ether oxygens (including phenoxy) is 3. The van der Waals surface area contributed by atoms with E-state index in [1.54, 1.807) is 30.3 Å². The smallest absolute Gasteiger partial charge is 0.435 e. The molecule has 0 aliphatic carbocycles. The van der Waals surface area contributed by atoms with Crippen LogP contribution in [-0.2, 0) is 6.18 Å². The standard InChI is InChI=1S/C18H11F3N2O4/c19-18(20,21)15-9-16(23(22-15)12-4-2-1-3-5-12)27-17(24)11-6-7-13-14(8-11)26-10-25-13/h1-9H,10H2. The number of esters is 1. The van der Waals surface area contributed by atoms with Gasteiger partial charge < -0.3 is 14.2 Å². The summed E-state index contributed by atoms with van der Waals surface area (Å²) in [6.45, 7) is 0.0313. The van der Waals surface area contributed by atoms with Crippen LogP contribution in [0.15, 0.2) is 54.6 Å². The maximum absolute atomic E-state index is 13.1. The van der Waals surface area contributed by atoms with Crippen LogP contribution in [0.5, 0.6) is 17.4 Å². The highest BCUT2D eigenvalue weighted by Crippen LogP contribution is 2.34. The highest BCUT2D eigenvalue weighted by atomic mass is 19.4. The molecule has 3 aromatic rings. The molecule has 27 heavy (non-hydrogen) atoms. The molecule has 6 nitrogen and oxygen atoms in total. The van der Waals surface area contributed by atoms with Crippen molar-refractivity contribution in [2.45, 2.75) is 6.18 Å². The van der Waals surface area contributed by atoms with Crippen LogP contribution in [0.2, 0.25) is 0 Å². The fraction of sp³-hybridized carbons (Fsp3) is 0.111. The van der Waals surface area contributed by atoms with Crippen molar-refractivity contribution in [1.82, 2.24) is 9.78 Å². The maximum Gasteiger partial charge on any atom is 0.435 e. The van der Waals surface area contributed by atoms with Gasteiger partial charge in [-0.15, -0.1) is 0 Å².